The molecule has 0 N–H and O–H groups in total. The van der Waals surface area contributed by atoms with Gasteiger partial charge in [0, 0.05) is 0 Å². The molecular weight excluding hydrogens is 244 g/mol. The normalized spacial score (nSPS) is 13.1. The Morgan fingerprint density at radius 1 is 1.05 bits per heavy atom. The topological polar surface area (TPSA) is 36.1 Å². The van der Waals surface area contributed by atoms with Crippen LogP contribution in [-0.4, -0.2) is 11.8 Å². The van der Waals surface area contributed by atoms with Gasteiger partial charge in [-0.15, -0.1) is 0 Å². The van der Waals surface area contributed by atoms with Gasteiger partial charge in [-0.1, -0.05) is 66.7 Å². The molecule has 1 atom stereocenters. The van der Waals surface area contributed by atoms with Crippen molar-refractivity contribution in [1.29, 1.82) is 5.26 Å². The summed E-state index contributed by atoms with van der Waals surface area (Å²) >= 11 is 0. The Labute approximate surface area is 119 Å². The predicted octanol–water partition coefficient (Wildman–Crippen LogP) is 4.10. The van der Waals surface area contributed by atoms with Gasteiger partial charge < -0.3 is 0 Å². The smallest absolute Gasteiger partial charge is 0.134 e. The molecule has 0 aromatic heterocycles. The number of nitriles is 1. The van der Waals surface area contributed by atoms with Crippen LogP contribution in [0.1, 0.15) is 18.1 Å². The molecule has 0 bridgehead atoms. The highest BCUT2D eigenvalue weighted by Crippen LogP contribution is 2.08. The maximum atomic E-state index is 8.93. The van der Waals surface area contributed by atoms with Crippen molar-refractivity contribution in [2.75, 3.05) is 0 Å². The van der Waals surface area contributed by atoms with Crippen LogP contribution in [-0.2, 0) is 0 Å². The van der Waals surface area contributed by atoms with Gasteiger partial charge in [0.15, 0.2) is 0 Å². The molecule has 0 aliphatic carbocycles. The molecule has 0 spiro atoms. The molecule has 98 valence electrons. The third-order valence-electron chi connectivity index (χ3n) is 2.82. The van der Waals surface area contributed by atoms with E-state index >= 15 is 0 Å². The van der Waals surface area contributed by atoms with E-state index in [1.807, 2.05) is 72.8 Å². The van der Waals surface area contributed by atoms with Crippen LogP contribution < -0.4 is 0 Å². The van der Waals surface area contributed by atoms with E-state index in [1.165, 1.54) is 0 Å². The van der Waals surface area contributed by atoms with E-state index in [2.05, 4.69) is 11.1 Å². The lowest BCUT2D eigenvalue weighted by Crippen LogP contribution is -2.03. The van der Waals surface area contributed by atoms with Gasteiger partial charge >= 0.3 is 0 Å². The lowest BCUT2D eigenvalue weighted by Gasteiger charge is -2.03. The second-order valence-electron chi connectivity index (χ2n) is 4.43. The Balaban J connectivity index is 2.32. The Morgan fingerprint density at radius 2 is 1.65 bits per heavy atom. The van der Waals surface area contributed by atoms with E-state index < -0.39 is 0 Å². The molecule has 2 rings (SSSR count). The highest BCUT2D eigenvalue weighted by Gasteiger charge is 2.02. The van der Waals surface area contributed by atoms with E-state index in [0.717, 1.165) is 16.8 Å². The molecule has 2 heteroatoms. The number of nitrogens with zero attached hydrogens (tertiary/aromatic N) is 2. The molecule has 0 amide bonds. The van der Waals surface area contributed by atoms with Crippen LogP contribution in [0.15, 0.2) is 71.7 Å². The van der Waals surface area contributed by atoms with Crippen molar-refractivity contribution in [2.24, 2.45) is 4.99 Å². The fourth-order valence-corrected chi connectivity index (χ4v) is 1.80. The lowest BCUT2D eigenvalue weighted by molar-refractivity contribution is 0.942. The van der Waals surface area contributed by atoms with E-state index in [9.17, 15) is 0 Å². The van der Waals surface area contributed by atoms with Gasteiger partial charge in [0.05, 0.1) is 11.8 Å². The first-order chi connectivity index (χ1) is 9.79. The Kier molecular flexibility index (Phi) is 4.86. The fourth-order valence-electron chi connectivity index (χ4n) is 1.80. The van der Waals surface area contributed by atoms with Crippen molar-refractivity contribution < 1.29 is 0 Å². The molecule has 0 aliphatic heterocycles. The highest BCUT2D eigenvalue weighted by molar-refractivity contribution is 6.10. The van der Waals surface area contributed by atoms with Gasteiger partial charge in [-0.2, -0.15) is 5.26 Å². The van der Waals surface area contributed by atoms with Crippen molar-refractivity contribution >= 4 is 11.8 Å². The number of benzene rings is 2. The highest BCUT2D eigenvalue weighted by atomic mass is 14.8. The average molecular weight is 260 g/mol. The molecule has 0 saturated heterocycles. The van der Waals surface area contributed by atoms with Crippen LogP contribution in [0, 0.1) is 11.3 Å². The average Bonchev–Trinajstić information content (AvgIpc) is 2.53. The predicted molar refractivity (Wildman–Crippen MR) is 83.5 cm³/mol. The van der Waals surface area contributed by atoms with Crippen LogP contribution in [0.4, 0.5) is 0 Å². The van der Waals surface area contributed by atoms with Crippen molar-refractivity contribution in [3.63, 3.8) is 0 Å². The second kappa shape index (κ2) is 7.06. The van der Waals surface area contributed by atoms with Crippen molar-refractivity contribution in [3.8, 4) is 6.07 Å². The summed E-state index contributed by atoms with van der Waals surface area (Å²) in [7, 11) is 0. The molecule has 0 fully saturated rings. The first-order valence-corrected chi connectivity index (χ1v) is 6.55. The summed E-state index contributed by atoms with van der Waals surface area (Å²) in [6.07, 6.45) is 3.97. The van der Waals surface area contributed by atoms with Crippen molar-refractivity contribution in [3.05, 3.63) is 77.9 Å². The lowest BCUT2D eigenvalue weighted by atomic mass is 10.1. The number of aliphatic imine (C=N–C) groups is 1. The maximum Gasteiger partial charge on any atom is 0.134 e. The Hall–Kier alpha value is -2.66. The van der Waals surface area contributed by atoms with Gasteiger partial charge in [0.2, 0.25) is 0 Å². The first kappa shape index (κ1) is 13.8. The zero-order valence-corrected chi connectivity index (χ0v) is 11.4. The van der Waals surface area contributed by atoms with Gasteiger partial charge in [-0.3, -0.25) is 4.99 Å². The number of hydrogen-bond donors (Lipinski definition) is 0. The molecular formula is C18H16N2. The Bertz CT molecular complexity index is 634. The third-order valence-corrected chi connectivity index (χ3v) is 2.82. The van der Waals surface area contributed by atoms with Gasteiger partial charge in [-0.25, -0.2) is 0 Å². The minimum atomic E-state index is -0.356. The van der Waals surface area contributed by atoms with E-state index in [0.29, 0.717) is 0 Å². The minimum absolute atomic E-state index is 0.356. The molecule has 0 heterocycles. The summed E-state index contributed by atoms with van der Waals surface area (Å²) in [6.45, 7) is 1.79. The molecule has 2 aromatic rings. The quantitative estimate of drug-likeness (QED) is 0.762. The largest absolute Gasteiger partial charge is 0.267 e. The van der Waals surface area contributed by atoms with Crippen LogP contribution in [0.5, 0.6) is 0 Å². The van der Waals surface area contributed by atoms with Crippen LogP contribution in [0.2, 0.25) is 0 Å². The molecule has 0 radical (unpaired) electrons. The maximum absolute atomic E-state index is 8.93. The summed E-state index contributed by atoms with van der Waals surface area (Å²) in [5.74, 6) is 0. The van der Waals surface area contributed by atoms with Crippen LogP contribution in [0.25, 0.3) is 6.08 Å². The zero-order valence-electron chi connectivity index (χ0n) is 11.4. The van der Waals surface area contributed by atoms with Crippen molar-refractivity contribution in [1.82, 2.24) is 0 Å². The molecule has 20 heavy (non-hydrogen) atoms. The van der Waals surface area contributed by atoms with Gasteiger partial charge in [0.25, 0.3) is 0 Å². The van der Waals surface area contributed by atoms with Gasteiger partial charge in [-0.05, 0) is 24.1 Å². The zero-order chi connectivity index (χ0) is 14.2. The van der Waals surface area contributed by atoms with Crippen LogP contribution in [0.3, 0.4) is 0 Å². The first-order valence-electron chi connectivity index (χ1n) is 6.55. The van der Waals surface area contributed by atoms with Gasteiger partial charge in [0.1, 0.15) is 6.04 Å². The number of hydrogen-bond acceptors (Lipinski definition) is 2. The second-order valence-corrected chi connectivity index (χ2v) is 4.43. The minimum Gasteiger partial charge on any atom is -0.267 e. The SMILES string of the molecule is CC(C#N)N=C(/C=C/c1ccccc1)c1ccccc1. The molecule has 2 nitrogen and oxygen atoms in total. The molecule has 0 aliphatic rings. The summed E-state index contributed by atoms with van der Waals surface area (Å²) < 4.78 is 0. The number of allylic oxidation sites excluding steroid dienone is 1. The molecule has 2 aromatic carbocycles. The Morgan fingerprint density at radius 3 is 2.25 bits per heavy atom. The van der Waals surface area contributed by atoms with Crippen LogP contribution >= 0.6 is 0 Å². The monoisotopic (exact) mass is 260 g/mol. The molecule has 0 saturated carbocycles. The summed E-state index contributed by atoms with van der Waals surface area (Å²) in [4.78, 5) is 4.45. The van der Waals surface area contributed by atoms with E-state index in [-0.39, 0.29) is 6.04 Å². The summed E-state index contributed by atoms with van der Waals surface area (Å²) in [6, 6.07) is 21.7. The third kappa shape index (κ3) is 3.93. The molecule has 1 unspecified atom stereocenters. The van der Waals surface area contributed by atoms with E-state index in [1.54, 1.807) is 6.92 Å². The summed E-state index contributed by atoms with van der Waals surface area (Å²) in [5, 5.41) is 8.93. The standard InChI is InChI=1S/C18H16N2/c1-15(14-19)20-18(17-10-6-3-7-11-17)13-12-16-8-4-2-5-9-16/h2-13,15H,1H3/b13-12+,20-18?. The summed E-state index contributed by atoms with van der Waals surface area (Å²) in [5.41, 5.74) is 2.95. The fraction of sp³-hybridized carbons (Fsp3) is 0.111. The number of rotatable bonds is 4. The van der Waals surface area contributed by atoms with Crippen molar-refractivity contribution in [2.45, 2.75) is 13.0 Å². The van der Waals surface area contributed by atoms with E-state index in [4.69, 9.17) is 5.26 Å².